The summed E-state index contributed by atoms with van der Waals surface area (Å²) in [6, 6.07) is 13.4. The van der Waals surface area contributed by atoms with E-state index in [1.165, 1.54) is 6.33 Å². The second-order valence-corrected chi connectivity index (χ2v) is 6.90. The van der Waals surface area contributed by atoms with Gasteiger partial charge in [-0.15, -0.1) is 6.58 Å². The van der Waals surface area contributed by atoms with Gasteiger partial charge < -0.3 is 14.2 Å². The highest BCUT2D eigenvalue weighted by molar-refractivity contribution is 6.30. The highest BCUT2D eigenvalue weighted by Crippen LogP contribution is 2.28. The molecule has 1 unspecified atom stereocenters. The maximum Gasteiger partial charge on any atom is 0.161 e. The van der Waals surface area contributed by atoms with Gasteiger partial charge in [0.2, 0.25) is 0 Å². The molecule has 1 aromatic heterocycles. The minimum Gasteiger partial charge on any atom is -0.493 e. The maximum atomic E-state index is 6.09. The normalized spacial score (nSPS) is 11.8. The molecular formula is C22H24ClN3O3. The summed E-state index contributed by atoms with van der Waals surface area (Å²) in [6.07, 6.45) is 5.55. The van der Waals surface area contributed by atoms with Crippen LogP contribution in [0, 0.1) is 0 Å². The van der Waals surface area contributed by atoms with Crippen molar-refractivity contribution < 1.29 is 14.2 Å². The van der Waals surface area contributed by atoms with Gasteiger partial charge in [0.25, 0.3) is 0 Å². The standard InChI is InChI=1S/C22H24ClN3O3/c1-3-4-17-7-10-21(22(11-17)27-2)29-14-20(12-26-16-24-15-25-26)28-13-18-5-8-19(23)9-6-18/h3,5-11,15-16,20H,1,4,12-14H2,2H3. The van der Waals surface area contributed by atoms with Crippen LogP contribution in [0.3, 0.4) is 0 Å². The van der Waals surface area contributed by atoms with Gasteiger partial charge in [0.15, 0.2) is 11.5 Å². The number of hydrogen-bond donors (Lipinski definition) is 0. The van der Waals surface area contributed by atoms with Crippen molar-refractivity contribution in [3.05, 3.63) is 83.9 Å². The van der Waals surface area contributed by atoms with Crippen molar-refractivity contribution in [3.63, 3.8) is 0 Å². The Morgan fingerprint density at radius 3 is 2.62 bits per heavy atom. The zero-order valence-electron chi connectivity index (χ0n) is 16.3. The lowest BCUT2D eigenvalue weighted by molar-refractivity contribution is -0.00299. The Morgan fingerprint density at radius 1 is 1.14 bits per heavy atom. The molecule has 0 radical (unpaired) electrons. The van der Waals surface area contributed by atoms with Crippen molar-refractivity contribution in [1.82, 2.24) is 14.8 Å². The molecule has 0 amide bonds. The van der Waals surface area contributed by atoms with Gasteiger partial charge in [-0.2, -0.15) is 5.10 Å². The van der Waals surface area contributed by atoms with Gasteiger partial charge in [0.05, 0.1) is 20.3 Å². The smallest absolute Gasteiger partial charge is 0.161 e. The number of hydrogen-bond acceptors (Lipinski definition) is 5. The van der Waals surface area contributed by atoms with E-state index in [1.807, 2.05) is 48.5 Å². The molecule has 29 heavy (non-hydrogen) atoms. The summed E-state index contributed by atoms with van der Waals surface area (Å²) < 4.78 is 19.3. The number of allylic oxidation sites excluding steroid dienone is 1. The number of methoxy groups -OCH3 is 1. The second-order valence-electron chi connectivity index (χ2n) is 6.47. The van der Waals surface area contributed by atoms with Crippen LogP contribution in [0.2, 0.25) is 5.02 Å². The number of benzene rings is 2. The van der Waals surface area contributed by atoms with Crippen LogP contribution in [0.4, 0.5) is 0 Å². The van der Waals surface area contributed by atoms with Gasteiger partial charge in [0, 0.05) is 5.02 Å². The Morgan fingerprint density at radius 2 is 1.93 bits per heavy atom. The quantitative estimate of drug-likeness (QED) is 0.438. The van der Waals surface area contributed by atoms with Gasteiger partial charge in [-0.25, -0.2) is 4.98 Å². The van der Waals surface area contributed by atoms with E-state index < -0.39 is 0 Å². The lowest BCUT2D eigenvalue weighted by atomic mass is 10.1. The third-order valence-corrected chi connectivity index (χ3v) is 4.54. The predicted octanol–water partition coefficient (Wildman–Crippen LogP) is 4.33. The molecule has 0 N–H and O–H groups in total. The first-order valence-corrected chi connectivity index (χ1v) is 9.65. The third-order valence-electron chi connectivity index (χ3n) is 4.29. The number of aromatic nitrogens is 3. The lowest BCUT2D eigenvalue weighted by Gasteiger charge is -2.20. The summed E-state index contributed by atoms with van der Waals surface area (Å²) in [6.45, 7) is 5.07. The minimum absolute atomic E-state index is 0.232. The van der Waals surface area contributed by atoms with E-state index in [-0.39, 0.29) is 6.10 Å². The fraction of sp³-hybridized carbons (Fsp3) is 0.273. The molecule has 0 bridgehead atoms. The maximum absolute atomic E-state index is 6.09. The van der Waals surface area contributed by atoms with Crippen molar-refractivity contribution in [2.75, 3.05) is 13.7 Å². The zero-order chi connectivity index (χ0) is 20.5. The van der Waals surface area contributed by atoms with E-state index in [2.05, 4.69) is 16.7 Å². The van der Waals surface area contributed by atoms with Crippen LogP contribution in [-0.2, 0) is 24.3 Å². The summed E-state index contributed by atoms with van der Waals surface area (Å²) in [4.78, 5) is 3.99. The first kappa shape index (κ1) is 20.9. The van der Waals surface area contributed by atoms with E-state index in [4.69, 9.17) is 25.8 Å². The Kier molecular flexibility index (Phi) is 7.67. The fourth-order valence-corrected chi connectivity index (χ4v) is 2.92. The first-order chi connectivity index (χ1) is 14.2. The minimum atomic E-state index is -0.232. The molecule has 1 heterocycles. The number of ether oxygens (including phenoxy) is 3. The van der Waals surface area contributed by atoms with Crippen LogP contribution >= 0.6 is 11.6 Å². The molecule has 0 spiro atoms. The molecule has 1 atom stereocenters. The highest BCUT2D eigenvalue weighted by Gasteiger charge is 2.14. The summed E-state index contributed by atoms with van der Waals surface area (Å²) >= 11 is 5.95. The summed E-state index contributed by atoms with van der Waals surface area (Å²) in [5.74, 6) is 1.35. The van der Waals surface area contributed by atoms with Crippen molar-refractivity contribution in [1.29, 1.82) is 0 Å². The number of nitrogens with zero attached hydrogens (tertiary/aromatic N) is 3. The van der Waals surface area contributed by atoms with E-state index in [1.54, 1.807) is 18.1 Å². The second kappa shape index (κ2) is 10.6. The molecular weight excluding hydrogens is 390 g/mol. The monoisotopic (exact) mass is 413 g/mol. The van der Waals surface area contributed by atoms with E-state index in [9.17, 15) is 0 Å². The van der Waals surface area contributed by atoms with E-state index >= 15 is 0 Å². The number of rotatable bonds is 11. The van der Waals surface area contributed by atoms with Crippen molar-refractivity contribution in [2.24, 2.45) is 0 Å². The number of halogens is 1. The Labute approximate surface area is 175 Å². The van der Waals surface area contributed by atoms with Crippen molar-refractivity contribution >= 4 is 11.6 Å². The van der Waals surface area contributed by atoms with Crippen LogP contribution in [0.5, 0.6) is 11.5 Å². The summed E-state index contributed by atoms with van der Waals surface area (Å²) in [5.41, 5.74) is 2.15. The van der Waals surface area contributed by atoms with Gasteiger partial charge in [-0.1, -0.05) is 35.9 Å². The molecule has 0 saturated carbocycles. The topological polar surface area (TPSA) is 58.4 Å². The molecule has 3 rings (SSSR count). The molecule has 7 heteroatoms. The van der Waals surface area contributed by atoms with Crippen molar-refractivity contribution in [2.45, 2.75) is 25.7 Å². The molecule has 0 fully saturated rings. The Bertz CT molecular complexity index is 898. The van der Waals surface area contributed by atoms with Crippen LogP contribution in [0.15, 0.2) is 67.8 Å². The van der Waals surface area contributed by atoms with Crippen LogP contribution in [-0.4, -0.2) is 34.6 Å². The largest absolute Gasteiger partial charge is 0.493 e. The first-order valence-electron chi connectivity index (χ1n) is 9.27. The van der Waals surface area contributed by atoms with Crippen LogP contribution in [0.25, 0.3) is 0 Å². The SMILES string of the molecule is C=CCc1ccc(OCC(Cn2cncn2)OCc2ccc(Cl)cc2)c(OC)c1. The molecule has 6 nitrogen and oxygen atoms in total. The van der Waals surface area contributed by atoms with Gasteiger partial charge in [-0.3, -0.25) is 4.68 Å². The predicted molar refractivity (Wildman–Crippen MR) is 112 cm³/mol. The Hall–Kier alpha value is -2.83. The molecule has 3 aromatic rings. The van der Waals surface area contributed by atoms with Gasteiger partial charge >= 0.3 is 0 Å². The summed E-state index contributed by atoms with van der Waals surface area (Å²) in [7, 11) is 1.63. The summed E-state index contributed by atoms with van der Waals surface area (Å²) in [5, 5.41) is 4.86. The van der Waals surface area contributed by atoms with E-state index in [0.29, 0.717) is 36.3 Å². The average Bonchev–Trinajstić information content (AvgIpc) is 3.25. The van der Waals surface area contributed by atoms with Crippen LogP contribution < -0.4 is 9.47 Å². The molecule has 0 aliphatic rings. The van der Waals surface area contributed by atoms with Crippen molar-refractivity contribution in [3.8, 4) is 11.5 Å². The zero-order valence-corrected chi connectivity index (χ0v) is 17.1. The Balaban J connectivity index is 1.66. The molecule has 0 aliphatic heterocycles. The fourth-order valence-electron chi connectivity index (χ4n) is 2.79. The molecule has 0 saturated heterocycles. The molecule has 0 aliphatic carbocycles. The highest BCUT2D eigenvalue weighted by atomic mass is 35.5. The van der Waals surface area contributed by atoms with Gasteiger partial charge in [0.1, 0.15) is 25.4 Å². The van der Waals surface area contributed by atoms with Gasteiger partial charge in [-0.05, 0) is 41.8 Å². The van der Waals surface area contributed by atoms with E-state index in [0.717, 1.165) is 17.5 Å². The van der Waals surface area contributed by atoms with Crippen LogP contribution in [0.1, 0.15) is 11.1 Å². The average molecular weight is 414 g/mol. The lowest BCUT2D eigenvalue weighted by Crippen LogP contribution is -2.27. The third kappa shape index (κ3) is 6.34. The molecule has 152 valence electrons. The molecule has 2 aromatic carbocycles.